The van der Waals surface area contributed by atoms with Gasteiger partial charge in [0, 0.05) is 18.0 Å². The second-order valence-corrected chi connectivity index (χ2v) is 5.08. The van der Waals surface area contributed by atoms with Gasteiger partial charge in [-0.05, 0) is 36.6 Å². The van der Waals surface area contributed by atoms with E-state index in [-0.39, 0.29) is 5.91 Å². The fourth-order valence-electron chi connectivity index (χ4n) is 1.94. The molecular weight excluding hydrogens is 238 g/mol. The summed E-state index contributed by atoms with van der Waals surface area (Å²) in [5.41, 5.74) is 8.00. The Kier molecular flexibility index (Phi) is 4.00. The second-order valence-electron chi connectivity index (χ2n) is 5.08. The van der Waals surface area contributed by atoms with Gasteiger partial charge in [-0.15, -0.1) is 0 Å². The van der Waals surface area contributed by atoms with E-state index in [1.165, 1.54) is 0 Å². The van der Waals surface area contributed by atoms with E-state index in [1.54, 1.807) is 12.3 Å². The molecule has 1 heterocycles. The van der Waals surface area contributed by atoms with Crippen LogP contribution in [0.15, 0.2) is 30.5 Å². The zero-order chi connectivity index (χ0) is 13.8. The maximum absolute atomic E-state index is 11.9. The fourth-order valence-corrected chi connectivity index (χ4v) is 1.94. The highest BCUT2D eigenvalue weighted by molar-refractivity contribution is 6.04. The van der Waals surface area contributed by atoms with Gasteiger partial charge in [0.25, 0.3) is 0 Å². The van der Waals surface area contributed by atoms with Crippen LogP contribution in [0.2, 0.25) is 0 Å². The molecule has 4 heteroatoms. The summed E-state index contributed by atoms with van der Waals surface area (Å²) in [7, 11) is 0. The number of anilines is 2. The molecule has 1 aromatic carbocycles. The molecule has 1 aromatic heterocycles. The van der Waals surface area contributed by atoms with Crippen molar-refractivity contribution < 1.29 is 4.79 Å². The molecule has 0 radical (unpaired) electrons. The molecule has 0 unspecified atom stereocenters. The van der Waals surface area contributed by atoms with Crippen molar-refractivity contribution in [2.24, 2.45) is 5.92 Å². The summed E-state index contributed by atoms with van der Waals surface area (Å²) in [4.78, 5) is 16.1. The summed E-state index contributed by atoms with van der Waals surface area (Å²) in [6.45, 7) is 4.21. The molecule has 0 aliphatic rings. The number of nitrogens with zero attached hydrogens (tertiary/aromatic N) is 1. The minimum absolute atomic E-state index is 0.0311. The van der Waals surface area contributed by atoms with Gasteiger partial charge < -0.3 is 11.1 Å². The average Bonchev–Trinajstić information content (AvgIpc) is 2.40. The normalized spacial score (nSPS) is 10.9. The Hall–Kier alpha value is -2.10. The molecule has 0 saturated heterocycles. The lowest BCUT2D eigenvalue weighted by atomic mass is 10.1. The van der Waals surface area contributed by atoms with Crippen molar-refractivity contribution in [3.8, 4) is 0 Å². The van der Waals surface area contributed by atoms with Gasteiger partial charge in [0.1, 0.15) is 0 Å². The number of nitrogens with two attached hydrogens (primary N) is 1. The van der Waals surface area contributed by atoms with Gasteiger partial charge in [-0.1, -0.05) is 13.8 Å². The topological polar surface area (TPSA) is 68.0 Å². The maximum atomic E-state index is 11.9. The summed E-state index contributed by atoms with van der Waals surface area (Å²) in [6.07, 6.45) is 3.11. The molecule has 0 atom stereocenters. The molecule has 0 saturated carbocycles. The van der Waals surface area contributed by atoms with E-state index in [2.05, 4.69) is 24.1 Å². The first-order valence-electron chi connectivity index (χ1n) is 6.51. The van der Waals surface area contributed by atoms with Crippen molar-refractivity contribution in [2.45, 2.75) is 26.7 Å². The minimum Gasteiger partial charge on any atom is -0.397 e. The number of pyridine rings is 1. The number of carbonyl (C=O) groups excluding carboxylic acids is 1. The molecule has 1 amide bonds. The van der Waals surface area contributed by atoms with Crippen LogP contribution in [0.25, 0.3) is 10.9 Å². The van der Waals surface area contributed by atoms with E-state index in [4.69, 9.17) is 5.73 Å². The van der Waals surface area contributed by atoms with Crippen LogP contribution in [0.5, 0.6) is 0 Å². The SMILES string of the molecule is CC(C)CCC(=O)Nc1ccc(N)c2ncccc12. The Morgan fingerprint density at radius 2 is 2.16 bits per heavy atom. The van der Waals surface area contributed by atoms with Crippen molar-refractivity contribution in [3.05, 3.63) is 30.5 Å². The van der Waals surface area contributed by atoms with Gasteiger partial charge in [0.15, 0.2) is 0 Å². The maximum Gasteiger partial charge on any atom is 0.224 e. The molecule has 0 fully saturated rings. The number of carbonyl (C=O) groups is 1. The van der Waals surface area contributed by atoms with Crippen molar-refractivity contribution in [1.82, 2.24) is 4.98 Å². The highest BCUT2D eigenvalue weighted by atomic mass is 16.1. The Morgan fingerprint density at radius 3 is 2.89 bits per heavy atom. The second kappa shape index (κ2) is 5.69. The summed E-state index contributed by atoms with van der Waals surface area (Å²) < 4.78 is 0. The molecule has 19 heavy (non-hydrogen) atoms. The first-order valence-corrected chi connectivity index (χ1v) is 6.51. The molecule has 0 aliphatic carbocycles. The molecule has 0 bridgehead atoms. The Labute approximate surface area is 113 Å². The Balaban J connectivity index is 2.21. The Morgan fingerprint density at radius 1 is 1.37 bits per heavy atom. The molecule has 4 nitrogen and oxygen atoms in total. The minimum atomic E-state index is 0.0311. The predicted molar refractivity (Wildman–Crippen MR) is 78.9 cm³/mol. The number of rotatable bonds is 4. The zero-order valence-electron chi connectivity index (χ0n) is 11.3. The molecule has 2 rings (SSSR count). The van der Waals surface area contributed by atoms with Crippen molar-refractivity contribution in [2.75, 3.05) is 11.1 Å². The van der Waals surface area contributed by atoms with Crippen LogP contribution in [0.4, 0.5) is 11.4 Å². The van der Waals surface area contributed by atoms with Gasteiger partial charge >= 0.3 is 0 Å². The van der Waals surface area contributed by atoms with Gasteiger partial charge in [0.05, 0.1) is 16.9 Å². The highest BCUT2D eigenvalue weighted by Gasteiger charge is 2.08. The van der Waals surface area contributed by atoms with Gasteiger partial charge in [0.2, 0.25) is 5.91 Å². The van der Waals surface area contributed by atoms with Crippen molar-refractivity contribution in [3.63, 3.8) is 0 Å². The number of hydrogen-bond acceptors (Lipinski definition) is 3. The summed E-state index contributed by atoms with van der Waals surface area (Å²) in [5.74, 6) is 0.555. The number of aromatic nitrogens is 1. The quantitative estimate of drug-likeness (QED) is 0.826. The smallest absolute Gasteiger partial charge is 0.224 e. The molecule has 100 valence electrons. The molecule has 0 aliphatic heterocycles. The van der Waals surface area contributed by atoms with Crippen LogP contribution >= 0.6 is 0 Å². The standard InChI is InChI=1S/C15H19N3O/c1-10(2)5-8-14(19)18-13-7-6-12(16)15-11(13)4-3-9-17-15/h3-4,6-7,9-10H,5,8,16H2,1-2H3,(H,18,19). The third kappa shape index (κ3) is 3.22. The summed E-state index contributed by atoms with van der Waals surface area (Å²) >= 11 is 0. The summed E-state index contributed by atoms with van der Waals surface area (Å²) in [6, 6.07) is 7.35. The van der Waals surface area contributed by atoms with E-state index >= 15 is 0 Å². The van der Waals surface area contributed by atoms with Crippen LogP contribution in [0.1, 0.15) is 26.7 Å². The number of nitrogen functional groups attached to an aromatic ring is 1. The molecule has 0 spiro atoms. The van der Waals surface area contributed by atoms with Gasteiger partial charge in [-0.3, -0.25) is 9.78 Å². The third-order valence-electron chi connectivity index (χ3n) is 3.02. The van der Waals surface area contributed by atoms with E-state index < -0.39 is 0 Å². The van der Waals surface area contributed by atoms with Crippen molar-refractivity contribution in [1.29, 1.82) is 0 Å². The number of benzene rings is 1. The zero-order valence-corrected chi connectivity index (χ0v) is 11.3. The first-order chi connectivity index (χ1) is 9.08. The van der Waals surface area contributed by atoms with Gasteiger partial charge in [-0.25, -0.2) is 0 Å². The average molecular weight is 257 g/mol. The fraction of sp³-hybridized carbons (Fsp3) is 0.333. The van der Waals surface area contributed by atoms with Crippen LogP contribution < -0.4 is 11.1 Å². The van der Waals surface area contributed by atoms with Crippen LogP contribution in [-0.4, -0.2) is 10.9 Å². The molecular formula is C15H19N3O. The van der Waals surface area contributed by atoms with Crippen LogP contribution in [0, 0.1) is 5.92 Å². The van der Waals surface area contributed by atoms with Crippen LogP contribution in [0.3, 0.4) is 0 Å². The lowest BCUT2D eigenvalue weighted by Gasteiger charge is -2.10. The van der Waals surface area contributed by atoms with E-state index in [9.17, 15) is 4.79 Å². The molecule has 2 aromatic rings. The van der Waals surface area contributed by atoms with E-state index in [1.807, 2.05) is 18.2 Å². The predicted octanol–water partition coefficient (Wildman–Crippen LogP) is 3.19. The monoisotopic (exact) mass is 257 g/mol. The number of fused-ring (bicyclic) bond motifs is 1. The van der Waals surface area contributed by atoms with Crippen LogP contribution in [-0.2, 0) is 4.79 Å². The summed E-state index contributed by atoms with van der Waals surface area (Å²) in [5, 5.41) is 3.81. The van der Waals surface area contributed by atoms with Gasteiger partial charge in [-0.2, -0.15) is 0 Å². The lowest BCUT2D eigenvalue weighted by Crippen LogP contribution is -2.12. The van der Waals surface area contributed by atoms with E-state index in [0.717, 1.165) is 23.0 Å². The molecule has 3 N–H and O–H groups in total. The number of nitrogens with one attached hydrogen (secondary N) is 1. The lowest BCUT2D eigenvalue weighted by molar-refractivity contribution is -0.116. The Bertz CT molecular complexity index is 593. The largest absolute Gasteiger partial charge is 0.397 e. The third-order valence-corrected chi connectivity index (χ3v) is 3.02. The first kappa shape index (κ1) is 13.3. The number of amides is 1. The van der Waals surface area contributed by atoms with Crippen molar-refractivity contribution >= 4 is 28.2 Å². The number of hydrogen-bond donors (Lipinski definition) is 2. The van der Waals surface area contributed by atoms with E-state index in [0.29, 0.717) is 18.0 Å². The highest BCUT2D eigenvalue weighted by Crippen LogP contribution is 2.26.